The van der Waals surface area contributed by atoms with E-state index in [2.05, 4.69) is 17.4 Å². The zero-order valence-electron chi connectivity index (χ0n) is 9.50. The third kappa shape index (κ3) is 2.81. The Bertz CT molecular complexity index is 523. The van der Waals surface area contributed by atoms with Crippen molar-refractivity contribution in [3.05, 3.63) is 58.1 Å². The number of benzene rings is 2. The standard InChI is InChI=1S/C14H13Cl2N/c1-17-9-10-4-2-3-5-12(10)13-7-6-11(15)8-14(13)16/h2-8,17H,9H2,1H3. The van der Waals surface area contributed by atoms with Crippen molar-refractivity contribution in [2.45, 2.75) is 6.54 Å². The summed E-state index contributed by atoms with van der Waals surface area (Å²) in [5.74, 6) is 0. The highest BCUT2D eigenvalue weighted by atomic mass is 35.5. The molecule has 0 bridgehead atoms. The van der Waals surface area contributed by atoms with Crippen LogP contribution in [-0.2, 0) is 6.54 Å². The SMILES string of the molecule is CNCc1ccccc1-c1ccc(Cl)cc1Cl. The van der Waals surface area contributed by atoms with Crippen molar-refractivity contribution in [2.24, 2.45) is 0 Å². The molecule has 0 aliphatic heterocycles. The van der Waals surface area contributed by atoms with Crippen molar-refractivity contribution >= 4 is 23.2 Å². The monoisotopic (exact) mass is 265 g/mol. The van der Waals surface area contributed by atoms with Gasteiger partial charge in [0.05, 0.1) is 0 Å². The van der Waals surface area contributed by atoms with Crippen molar-refractivity contribution in [1.29, 1.82) is 0 Å². The van der Waals surface area contributed by atoms with Gasteiger partial charge in [0.25, 0.3) is 0 Å². The lowest BCUT2D eigenvalue weighted by atomic mass is 9.99. The minimum absolute atomic E-state index is 0.657. The third-order valence-corrected chi connectivity index (χ3v) is 3.15. The molecule has 2 aromatic rings. The highest BCUT2D eigenvalue weighted by molar-refractivity contribution is 6.36. The van der Waals surface area contributed by atoms with Crippen LogP contribution in [0, 0.1) is 0 Å². The maximum atomic E-state index is 6.23. The Hall–Kier alpha value is -1.02. The largest absolute Gasteiger partial charge is 0.316 e. The van der Waals surface area contributed by atoms with Gasteiger partial charge in [-0.05, 0) is 30.3 Å². The summed E-state index contributed by atoms with van der Waals surface area (Å²) in [6, 6.07) is 13.8. The minimum Gasteiger partial charge on any atom is -0.316 e. The van der Waals surface area contributed by atoms with Gasteiger partial charge in [-0.15, -0.1) is 0 Å². The predicted molar refractivity (Wildman–Crippen MR) is 74.7 cm³/mol. The zero-order valence-corrected chi connectivity index (χ0v) is 11.0. The summed E-state index contributed by atoms with van der Waals surface area (Å²) >= 11 is 12.1. The second-order valence-electron chi connectivity index (χ2n) is 3.81. The van der Waals surface area contributed by atoms with Gasteiger partial charge in [-0.2, -0.15) is 0 Å². The first-order chi connectivity index (χ1) is 8.22. The Labute approximate surface area is 111 Å². The van der Waals surface area contributed by atoms with E-state index >= 15 is 0 Å². The lowest BCUT2D eigenvalue weighted by Crippen LogP contribution is -2.06. The zero-order chi connectivity index (χ0) is 12.3. The molecule has 0 spiro atoms. The molecule has 0 radical (unpaired) electrons. The summed E-state index contributed by atoms with van der Waals surface area (Å²) in [4.78, 5) is 0. The first-order valence-electron chi connectivity index (χ1n) is 5.40. The van der Waals surface area contributed by atoms with Crippen LogP contribution in [-0.4, -0.2) is 7.05 Å². The molecule has 88 valence electrons. The molecule has 0 fully saturated rings. The van der Waals surface area contributed by atoms with Gasteiger partial charge in [0.2, 0.25) is 0 Å². The van der Waals surface area contributed by atoms with Crippen LogP contribution in [0.1, 0.15) is 5.56 Å². The van der Waals surface area contributed by atoms with Gasteiger partial charge >= 0.3 is 0 Å². The fourth-order valence-corrected chi connectivity index (χ4v) is 2.35. The van der Waals surface area contributed by atoms with E-state index in [1.807, 2.05) is 31.3 Å². The predicted octanol–water partition coefficient (Wildman–Crippen LogP) is 4.38. The Morgan fingerprint density at radius 1 is 1.00 bits per heavy atom. The number of hydrogen-bond acceptors (Lipinski definition) is 1. The molecule has 0 aliphatic rings. The van der Waals surface area contributed by atoms with Crippen LogP contribution in [0.2, 0.25) is 10.0 Å². The number of nitrogens with one attached hydrogen (secondary N) is 1. The fourth-order valence-electron chi connectivity index (χ4n) is 1.84. The van der Waals surface area contributed by atoms with E-state index in [4.69, 9.17) is 23.2 Å². The second-order valence-corrected chi connectivity index (χ2v) is 4.66. The van der Waals surface area contributed by atoms with E-state index in [1.165, 1.54) is 5.56 Å². The summed E-state index contributed by atoms with van der Waals surface area (Å²) in [6.07, 6.45) is 0. The van der Waals surface area contributed by atoms with Crippen LogP contribution in [0.4, 0.5) is 0 Å². The molecule has 2 rings (SSSR count). The minimum atomic E-state index is 0.657. The first-order valence-corrected chi connectivity index (χ1v) is 6.16. The molecule has 0 unspecified atom stereocenters. The van der Waals surface area contributed by atoms with E-state index in [0.717, 1.165) is 17.7 Å². The fraction of sp³-hybridized carbons (Fsp3) is 0.143. The van der Waals surface area contributed by atoms with Gasteiger partial charge in [-0.1, -0.05) is 53.5 Å². The Morgan fingerprint density at radius 2 is 1.76 bits per heavy atom. The van der Waals surface area contributed by atoms with Crippen molar-refractivity contribution in [3.63, 3.8) is 0 Å². The van der Waals surface area contributed by atoms with E-state index in [-0.39, 0.29) is 0 Å². The van der Waals surface area contributed by atoms with Gasteiger partial charge in [0.1, 0.15) is 0 Å². The first kappa shape index (κ1) is 12.4. The molecule has 2 aromatic carbocycles. The van der Waals surface area contributed by atoms with Gasteiger partial charge in [-0.25, -0.2) is 0 Å². The molecule has 0 saturated heterocycles. The van der Waals surface area contributed by atoms with Crippen molar-refractivity contribution < 1.29 is 0 Å². The molecule has 1 nitrogen and oxygen atoms in total. The Morgan fingerprint density at radius 3 is 2.47 bits per heavy atom. The number of hydrogen-bond donors (Lipinski definition) is 1. The lowest BCUT2D eigenvalue weighted by molar-refractivity contribution is 0.819. The normalized spacial score (nSPS) is 10.5. The smallest absolute Gasteiger partial charge is 0.0499 e. The van der Waals surface area contributed by atoms with Gasteiger partial charge in [-0.3, -0.25) is 0 Å². The maximum absolute atomic E-state index is 6.23. The molecule has 0 heterocycles. The summed E-state index contributed by atoms with van der Waals surface area (Å²) in [5.41, 5.74) is 3.38. The van der Waals surface area contributed by atoms with Crippen LogP contribution in [0.3, 0.4) is 0 Å². The Balaban J connectivity index is 2.52. The van der Waals surface area contributed by atoms with Gasteiger partial charge < -0.3 is 5.32 Å². The van der Waals surface area contributed by atoms with Gasteiger partial charge in [0, 0.05) is 22.2 Å². The van der Waals surface area contributed by atoms with Gasteiger partial charge in [0.15, 0.2) is 0 Å². The molecule has 0 atom stereocenters. The average molecular weight is 266 g/mol. The molecule has 1 N–H and O–H groups in total. The molecular weight excluding hydrogens is 253 g/mol. The van der Waals surface area contributed by atoms with Crippen molar-refractivity contribution in [3.8, 4) is 11.1 Å². The van der Waals surface area contributed by atoms with E-state index in [9.17, 15) is 0 Å². The van der Waals surface area contributed by atoms with Crippen molar-refractivity contribution in [1.82, 2.24) is 5.32 Å². The van der Waals surface area contributed by atoms with Crippen LogP contribution >= 0.6 is 23.2 Å². The molecule has 0 aliphatic carbocycles. The highest BCUT2D eigenvalue weighted by Crippen LogP contribution is 2.32. The summed E-state index contributed by atoms with van der Waals surface area (Å²) in [6.45, 7) is 0.815. The third-order valence-electron chi connectivity index (χ3n) is 2.61. The quantitative estimate of drug-likeness (QED) is 0.869. The second kappa shape index (κ2) is 5.54. The number of rotatable bonds is 3. The van der Waals surface area contributed by atoms with E-state index in [0.29, 0.717) is 10.0 Å². The summed E-state index contributed by atoms with van der Waals surface area (Å²) in [7, 11) is 1.93. The number of halogens is 2. The van der Waals surface area contributed by atoms with E-state index < -0.39 is 0 Å². The molecule has 0 aromatic heterocycles. The van der Waals surface area contributed by atoms with Crippen molar-refractivity contribution in [2.75, 3.05) is 7.05 Å². The molecule has 17 heavy (non-hydrogen) atoms. The summed E-state index contributed by atoms with van der Waals surface area (Å²) < 4.78 is 0. The van der Waals surface area contributed by atoms with Crippen LogP contribution in [0.15, 0.2) is 42.5 Å². The maximum Gasteiger partial charge on any atom is 0.0499 e. The molecule has 0 saturated carbocycles. The highest BCUT2D eigenvalue weighted by Gasteiger charge is 2.07. The lowest BCUT2D eigenvalue weighted by Gasteiger charge is -2.11. The van der Waals surface area contributed by atoms with E-state index in [1.54, 1.807) is 6.07 Å². The molecular formula is C14H13Cl2N. The topological polar surface area (TPSA) is 12.0 Å². The summed E-state index contributed by atoms with van der Waals surface area (Å²) in [5, 5.41) is 4.49. The average Bonchev–Trinajstić information content (AvgIpc) is 2.31. The molecule has 0 amide bonds. The van der Waals surface area contributed by atoms with Crippen LogP contribution < -0.4 is 5.32 Å². The Kier molecular flexibility index (Phi) is 4.06. The molecule has 3 heteroatoms. The van der Waals surface area contributed by atoms with Crippen LogP contribution in [0.5, 0.6) is 0 Å². The van der Waals surface area contributed by atoms with Crippen LogP contribution in [0.25, 0.3) is 11.1 Å².